The van der Waals surface area contributed by atoms with E-state index in [1.54, 1.807) is 18.2 Å². The van der Waals surface area contributed by atoms with E-state index in [1.807, 2.05) is 0 Å². The number of hydrogen-bond donors (Lipinski definition) is 0. The molecule has 0 radical (unpaired) electrons. The van der Waals surface area contributed by atoms with Gasteiger partial charge in [0.25, 0.3) is 0 Å². The molecule has 0 aliphatic heterocycles. The Hall–Kier alpha value is -1.89. The summed E-state index contributed by atoms with van der Waals surface area (Å²) in [5, 5.41) is 0. The highest BCUT2D eigenvalue weighted by molar-refractivity contribution is 7.81. The molecule has 0 amide bonds. The maximum atomic E-state index is 12.4. The summed E-state index contributed by atoms with van der Waals surface area (Å²) >= 11 is 0. The number of carbonyl (C=O) groups excluding carboxylic acids is 1. The van der Waals surface area contributed by atoms with Crippen LogP contribution in [0.5, 0.6) is 0 Å². The van der Waals surface area contributed by atoms with E-state index in [4.69, 9.17) is 0 Å². The molecule has 0 fully saturated rings. The van der Waals surface area contributed by atoms with Crippen LogP contribution >= 0.6 is 0 Å². The molecule has 0 saturated carbocycles. The minimum absolute atomic E-state index is 0.235. The minimum atomic E-state index is -5.20. The lowest BCUT2D eigenvalue weighted by atomic mass is 10.2. The first-order valence-corrected chi connectivity index (χ1v) is 5.72. The van der Waals surface area contributed by atoms with Gasteiger partial charge in [-0.05, 0) is 0 Å². The van der Waals surface area contributed by atoms with Crippen LogP contribution in [-0.4, -0.2) is 21.5 Å². The highest BCUT2D eigenvalue weighted by atomic mass is 32.3. The molecule has 1 aromatic rings. The topological polar surface area (TPSA) is 69.7 Å². The number of carbonyl (C=O) groups is 1. The molecule has 0 atom stereocenters. The minimum Gasteiger partial charge on any atom is -0.466 e. The van der Waals surface area contributed by atoms with Gasteiger partial charge in [0.05, 0.1) is 13.2 Å². The molecule has 0 spiro atoms. The van der Waals surface area contributed by atoms with Gasteiger partial charge in [0, 0.05) is 5.56 Å². The molecular formula is C10H9FO5S. The lowest BCUT2D eigenvalue weighted by molar-refractivity contribution is -0.134. The fraction of sp³-hybridized carbons (Fsp3) is 0.100. The summed E-state index contributed by atoms with van der Waals surface area (Å²) in [5.74, 6) is -1.30. The maximum absolute atomic E-state index is 12.4. The highest BCUT2D eigenvalue weighted by Crippen LogP contribution is 2.18. The average molecular weight is 260 g/mol. The van der Waals surface area contributed by atoms with Gasteiger partial charge in [-0.2, -0.15) is 8.42 Å². The molecule has 0 heterocycles. The molecule has 7 heteroatoms. The smallest absolute Gasteiger partial charge is 0.466 e. The molecular weight excluding hydrogens is 251 g/mol. The zero-order valence-corrected chi connectivity index (χ0v) is 9.61. The Bertz CT molecular complexity index is 521. The van der Waals surface area contributed by atoms with Gasteiger partial charge in [0.15, 0.2) is 5.76 Å². The summed E-state index contributed by atoms with van der Waals surface area (Å²) in [7, 11) is -4.10. The lowest BCUT2D eigenvalue weighted by Crippen LogP contribution is -2.03. The van der Waals surface area contributed by atoms with E-state index in [2.05, 4.69) is 8.92 Å². The van der Waals surface area contributed by atoms with Crippen LogP contribution in [0.4, 0.5) is 3.89 Å². The van der Waals surface area contributed by atoms with E-state index in [9.17, 15) is 17.1 Å². The third kappa shape index (κ3) is 4.64. The first-order chi connectivity index (χ1) is 7.92. The van der Waals surface area contributed by atoms with Gasteiger partial charge < -0.3 is 8.92 Å². The summed E-state index contributed by atoms with van der Waals surface area (Å²) in [4.78, 5) is 11.0. The van der Waals surface area contributed by atoms with Crippen LogP contribution in [0.15, 0.2) is 36.4 Å². The second kappa shape index (κ2) is 5.44. The van der Waals surface area contributed by atoms with Gasteiger partial charge in [0.2, 0.25) is 0 Å². The molecule has 0 N–H and O–H groups in total. The summed E-state index contributed by atoms with van der Waals surface area (Å²) in [6, 6.07) is 7.74. The second-order valence-corrected chi connectivity index (χ2v) is 3.83. The molecule has 0 aliphatic carbocycles. The van der Waals surface area contributed by atoms with Crippen molar-refractivity contribution in [3.63, 3.8) is 0 Å². The largest absolute Gasteiger partial charge is 0.488 e. The van der Waals surface area contributed by atoms with Gasteiger partial charge in [-0.25, -0.2) is 4.79 Å². The Kier molecular flexibility index (Phi) is 4.22. The van der Waals surface area contributed by atoms with Gasteiger partial charge in [-0.3, -0.25) is 0 Å². The summed E-state index contributed by atoms with van der Waals surface area (Å²) in [6.07, 6.45) is 0.743. The van der Waals surface area contributed by atoms with E-state index in [1.165, 1.54) is 12.1 Å². The fourth-order valence-corrected chi connectivity index (χ4v) is 1.39. The van der Waals surface area contributed by atoms with Crippen molar-refractivity contribution in [3.8, 4) is 0 Å². The second-order valence-electron chi connectivity index (χ2n) is 2.87. The molecule has 1 rings (SSSR count). The van der Waals surface area contributed by atoms with Crippen molar-refractivity contribution in [2.75, 3.05) is 7.11 Å². The lowest BCUT2D eigenvalue weighted by Gasteiger charge is -2.05. The average Bonchev–Trinajstić information content (AvgIpc) is 2.27. The highest BCUT2D eigenvalue weighted by Gasteiger charge is 2.15. The van der Waals surface area contributed by atoms with Gasteiger partial charge in [-0.1, -0.05) is 34.2 Å². The number of benzene rings is 1. The van der Waals surface area contributed by atoms with Crippen LogP contribution in [0.25, 0.3) is 5.76 Å². The van der Waals surface area contributed by atoms with Crippen LogP contribution in [-0.2, 0) is 24.2 Å². The maximum Gasteiger partial charge on any atom is 0.488 e. The van der Waals surface area contributed by atoms with Crippen LogP contribution in [0, 0.1) is 0 Å². The third-order valence-corrected chi connectivity index (χ3v) is 2.08. The van der Waals surface area contributed by atoms with Crippen LogP contribution < -0.4 is 0 Å². The van der Waals surface area contributed by atoms with E-state index in [0.29, 0.717) is 0 Å². The number of methoxy groups -OCH3 is 1. The van der Waals surface area contributed by atoms with Crippen molar-refractivity contribution in [3.05, 3.63) is 42.0 Å². The molecule has 0 bridgehead atoms. The predicted octanol–water partition coefficient (Wildman–Crippen LogP) is 1.43. The van der Waals surface area contributed by atoms with Gasteiger partial charge in [-0.15, -0.1) is 0 Å². The SMILES string of the molecule is COC(=O)/C=C(\OS(=O)(=O)F)c1ccccc1. The molecule has 92 valence electrons. The summed E-state index contributed by atoms with van der Waals surface area (Å²) < 4.78 is 41.6. The molecule has 5 nitrogen and oxygen atoms in total. The Labute approximate surface area is 97.9 Å². The Balaban J connectivity index is 3.12. The number of halogens is 1. The Morgan fingerprint density at radius 2 is 1.88 bits per heavy atom. The van der Waals surface area contributed by atoms with E-state index < -0.39 is 22.2 Å². The van der Waals surface area contributed by atoms with Crippen LogP contribution in [0.3, 0.4) is 0 Å². The van der Waals surface area contributed by atoms with Crippen molar-refractivity contribution in [2.45, 2.75) is 0 Å². The predicted molar refractivity (Wildman–Crippen MR) is 57.5 cm³/mol. The van der Waals surface area contributed by atoms with Crippen molar-refractivity contribution >= 4 is 22.2 Å². The quantitative estimate of drug-likeness (QED) is 0.354. The van der Waals surface area contributed by atoms with Crippen LogP contribution in [0.1, 0.15) is 5.56 Å². The Morgan fingerprint density at radius 3 is 2.35 bits per heavy atom. The van der Waals surface area contributed by atoms with Crippen molar-refractivity contribution in [1.29, 1.82) is 0 Å². The Morgan fingerprint density at radius 1 is 1.29 bits per heavy atom. The van der Waals surface area contributed by atoms with Gasteiger partial charge in [0.1, 0.15) is 0 Å². The zero-order valence-electron chi connectivity index (χ0n) is 8.79. The molecule has 0 aromatic heterocycles. The number of ether oxygens (including phenoxy) is 1. The molecule has 0 saturated heterocycles. The standard InChI is InChI=1S/C10H9FO5S/c1-15-10(12)7-9(16-17(11,13)14)8-5-3-2-4-6-8/h2-7H,1H3/b9-7-. The summed E-state index contributed by atoms with van der Waals surface area (Å²) in [6.45, 7) is 0. The molecule has 1 aromatic carbocycles. The van der Waals surface area contributed by atoms with Crippen molar-refractivity contribution < 1.29 is 26.0 Å². The molecule has 0 aliphatic rings. The van der Waals surface area contributed by atoms with Gasteiger partial charge >= 0.3 is 16.5 Å². The van der Waals surface area contributed by atoms with Crippen molar-refractivity contribution in [2.24, 2.45) is 0 Å². The first kappa shape index (κ1) is 13.2. The fourth-order valence-electron chi connectivity index (χ4n) is 1.03. The monoisotopic (exact) mass is 260 g/mol. The molecule has 0 unspecified atom stereocenters. The van der Waals surface area contributed by atoms with Crippen molar-refractivity contribution in [1.82, 2.24) is 0 Å². The normalized spacial score (nSPS) is 12.0. The number of hydrogen-bond acceptors (Lipinski definition) is 5. The zero-order chi connectivity index (χ0) is 12.9. The number of esters is 1. The molecule has 17 heavy (non-hydrogen) atoms. The summed E-state index contributed by atoms with van der Waals surface area (Å²) in [5.41, 5.74) is 0.235. The van der Waals surface area contributed by atoms with E-state index >= 15 is 0 Å². The first-order valence-electron chi connectivity index (χ1n) is 4.41. The van der Waals surface area contributed by atoms with E-state index in [-0.39, 0.29) is 5.56 Å². The van der Waals surface area contributed by atoms with Crippen LogP contribution in [0.2, 0.25) is 0 Å². The number of rotatable bonds is 4. The van der Waals surface area contributed by atoms with E-state index in [0.717, 1.165) is 13.2 Å². The third-order valence-electron chi connectivity index (χ3n) is 1.70.